The Bertz CT molecular complexity index is 1280. The number of hydrogen-bond acceptors (Lipinski definition) is 8. The number of ether oxygens (including phenoxy) is 2. The van der Waals surface area contributed by atoms with Crippen molar-refractivity contribution in [3.8, 4) is 5.75 Å². The van der Waals surface area contributed by atoms with Crippen LogP contribution < -0.4 is 10.1 Å². The zero-order chi connectivity index (χ0) is 26.4. The van der Waals surface area contributed by atoms with Gasteiger partial charge in [-0.3, -0.25) is 4.79 Å². The number of thiophene rings is 1. The van der Waals surface area contributed by atoms with Gasteiger partial charge in [0.1, 0.15) is 16.6 Å². The molecule has 0 aliphatic heterocycles. The topological polar surface area (TPSA) is 95.3 Å². The van der Waals surface area contributed by atoms with Crippen LogP contribution in [0.2, 0.25) is 10.0 Å². The van der Waals surface area contributed by atoms with Gasteiger partial charge in [0.2, 0.25) is 5.91 Å². The van der Waals surface area contributed by atoms with Gasteiger partial charge in [0.05, 0.1) is 30.1 Å². The first-order chi connectivity index (χ1) is 17.9. The van der Waals surface area contributed by atoms with Crippen molar-refractivity contribution in [1.82, 2.24) is 14.8 Å². The molecule has 1 N–H and O–H groups in total. The van der Waals surface area contributed by atoms with E-state index in [1.807, 2.05) is 11.6 Å². The smallest absolute Gasteiger partial charge is 0.341 e. The van der Waals surface area contributed by atoms with Gasteiger partial charge in [0.15, 0.2) is 5.16 Å². The summed E-state index contributed by atoms with van der Waals surface area (Å²) in [4.78, 5) is 26.4. The van der Waals surface area contributed by atoms with E-state index in [9.17, 15) is 9.59 Å². The third-order valence-corrected chi connectivity index (χ3v) is 8.78. The maximum Gasteiger partial charge on any atom is 0.341 e. The molecule has 0 saturated heterocycles. The lowest BCUT2D eigenvalue weighted by Gasteiger charge is -2.08. The number of nitrogens with one attached hydrogen (secondary N) is 1. The largest absolute Gasteiger partial charge is 0.492 e. The van der Waals surface area contributed by atoms with Gasteiger partial charge in [-0.15, -0.1) is 21.5 Å². The number of hydrogen-bond donors (Lipinski definition) is 1. The monoisotopic (exact) mass is 582 g/mol. The standard InChI is InChI=1S/C25H28Cl2N4O4S2/c1-31-20(9-6-12-35-18-11-10-15(26)13-17(18)27)29-30-25(31)36-14-21(32)28-23-22(24(33)34-2)16-7-4-3-5-8-19(16)37-23/h10-11,13H,3-9,12,14H2,1-2H3,(H,28,32). The van der Waals surface area contributed by atoms with Gasteiger partial charge >= 0.3 is 5.97 Å². The highest BCUT2D eigenvalue weighted by atomic mass is 35.5. The Hall–Kier alpha value is -2.27. The van der Waals surface area contributed by atoms with Crippen molar-refractivity contribution in [3.05, 3.63) is 50.1 Å². The van der Waals surface area contributed by atoms with Crippen LogP contribution in [0.15, 0.2) is 23.4 Å². The van der Waals surface area contributed by atoms with Crippen LogP contribution in [-0.2, 0) is 35.8 Å². The second kappa shape index (κ2) is 13.0. The summed E-state index contributed by atoms with van der Waals surface area (Å²) in [6, 6.07) is 5.12. The van der Waals surface area contributed by atoms with Crippen LogP contribution in [0.3, 0.4) is 0 Å². The Morgan fingerprint density at radius 3 is 2.78 bits per heavy atom. The number of thioether (sulfide) groups is 1. The lowest BCUT2D eigenvalue weighted by atomic mass is 10.1. The first-order valence-corrected chi connectivity index (χ1v) is 14.5. The number of anilines is 1. The van der Waals surface area contributed by atoms with E-state index in [-0.39, 0.29) is 11.7 Å². The highest BCUT2D eigenvalue weighted by Crippen LogP contribution is 2.38. The van der Waals surface area contributed by atoms with Crippen molar-refractivity contribution in [2.24, 2.45) is 7.05 Å². The fraction of sp³-hybridized carbons (Fsp3) is 0.440. The van der Waals surface area contributed by atoms with E-state index >= 15 is 0 Å². The highest BCUT2D eigenvalue weighted by Gasteiger charge is 2.26. The average Bonchev–Trinajstić information content (AvgIpc) is 3.30. The van der Waals surface area contributed by atoms with E-state index in [1.165, 1.54) is 35.1 Å². The third kappa shape index (κ3) is 6.98. The first-order valence-electron chi connectivity index (χ1n) is 12.0. The summed E-state index contributed by atoms with van der Waals surface area (Å²) in [5, 5.41) is 13.7. The van der Waals surface area contributed by atoms with Crippen molar-refractivity contribution in [3.63, 3.8) is 0 Å². The molecule has 0 spiro atoms. The van der Waals surface area contributed by atoms with E-state index in [4.69, 9.17) is 32.7 Å². The molecule has 37 heavy (non-hydrogen) atoms. The number of benzene rings is 1. The van der Waals surface area contributed by atoms with Gasteiger partial charge in [0.25, 0.3) is 0 Å². The normalized spacial score (nSPS) is 13.1. The van der Waals surface area contributed by atoms with Crippen molar-refractivity contribution in [2.45, 2.75) is 50.1 Å². The van der Waals surface area contributed by atoms with E-state index in [0.29, 0.717) is 44.5 Å². The molecular weight excluding hydrogens is 555 g/mol. The number of aryl methyl sites for hydroxylation is 2. The Kier molecular flexibility index (Phi) is 9.75. The second-order valence-corrected chi connectivity index (χ2v) is 11.5. The number of nitrogens with zero attached hydrogens (tertiary/aromatic N) is 3. The molecule has 1 amide bonds. The molecule has 0 saturated carbocycles. The molecule has 1 aliphatic carbocycles. The van der Waals surface area contributed by atoms with Crippen LogP contribution in [0, 0.1) is 0 Å². The molecule has 3 aromatic rings. The minimum Gasteiger partial charge on any atom is -0.492 e. The van der Waals surface area contributed by atoms with Crippen LogP contribution in [0.1, 0.15) is 52.3 Å². The zero-order valence-electron chi connectivity index (χ0n) is 20.6. The summed E-state index contributed by atoms with van der Waals surface area (Å²) < 4.78 is 12.6. The van der Waals surface area contributed by atoms with Crippen LogP contribution in [0.5, 0.6) is 5.75 Å². The summed E-state index contributed by atoms with van der Waals surface area (Å²) in [6.45, 7) is 0.465. The minimum absolute atomic E-state index is 0.146. The Morgan fingerprint density at radius 2 is 2.00 bits per heavy atom. The van der Waals surface area contributed by atoms with Gasteiger partial charge < -0.3 is 19.4 Å². The number of esters is 1. The van der Waals surface area contributed by atoms with Crippen molar-refractivity contribution in [1.29, 1.82) is 0 Å². The third-order valence-electron chi connectivity index (χ3n) is 6.02. The fourth-order valence-corrected chi connectivity index (χ4v) is 6.62. The molecule has 1 aromatic carbocycles. The number of carbonyl (C=O) groups is 2. The SMILES string of the molecule is COC(=O)c1c(NC(=O)CSc2nnc(CCCOc3ccc(Cl)cc3Cl)n2C)sc2c1CCCCC2. The van der Waals surface area contributed by atoms with Gasteiger partial charge in [0, 0.05) is 23.4 Å². The first kappa shape index (κ1) is 27.8. The summed E-state index contributed by atoms with van der Waals surface area (Å²) in [5.74, 6) is 0.923. The molecule has 0 radical (unpaired) electrons. The van der Waals surface area contributed by atoms with Gasteiger partial charge in [-0.25, -0.2) is 4.79 Å². The fourth-order valence-electron chi connectivity index (χ4n) is 4.13. The number of methoxy groups -OCH3 is 1. The number of halogens is 2. The zero-order valence-corrected chi connectivity index (χ0v) is 23.8. The Balaban J connectivity index is 1.30. The van der Waals surface area contributed by atoms with Crippen molar-refractivity contribution >= 4 is 63.2 Å². The Morgan fingerprint density at radius 1 is 1.19 bits per heavy atom. The maximum atomic E-state index is 12.8. The molecule has 12 heteroatoms. The van der Waals surface area contributed by atoms with Gasteiger partial charge in [-0.05, 0) is 55.9 Å². The van der Waals surface area contributed by atoms with Crippen molar-refractivity contribution < 1.29 is 19.1 Å². The predicted molar refractivity (Wildman–Crippen MR) is 148 cm³/mol. The highest BCUT2D eigenvalue weighted by molar-refractivity contribution is 7.99. The Labute approximate surface area is 234 Å². The quantitative estimate of drug-likeness (QED) is 0.136. The molecule has 4 rings (SSSR count). The molecule has 0 bridgehead atoms. The van der Waals surface area contributed by atoms with E-state index < -0.39 is 5.97 Å². The molecule has 0 atom stereocenters. The van der Waals surface area contributed by atoms with E-state index in [0.717, 1.165) is 49.9 Å². The summed E-state index contributed by atoms with van der Waals surface area (Å²) in [5.41, 5.74) is 1.53. The van der Waals surface area contributed by atoms with Crippen LogP contribution in [0.4, 0.5) is 5.00 Å². The molecule has 2 heterocycles. The molecular formula is C25H28Cl2N4O4S2. The number of fused-ring (bicyclic) bond motifs is 1. The number of amides is 1. The molecule has 1 aliphatic rings. The maximum absolute atomic E-state index is 12.8. The number of aromatic nitrogens is 3. The van der Waals surface area contributed by atoms with Gasteiger partial charge in [-0.1, -0.05) is 41.4 Å². The van der Waals surface area contributed by atoms with Crippen LogP contribution in [-0.4, -0.2) is 46.1 Å². The van der Waals surface area contributed by atoms with Crippen LogP contribution in [0.25, 0.3) is 0 Å². The lowest BCUT2D eigenvalue weighted by Crippen LogP contribution is -2.16. The molecule has 8 nitrogen and oxygen atoms in total. The summed E-state index contributed by atoms with van der Waals surface area (Å²) in [6.07, 6.45) is 6.40. The average molecular weight is 584 g/mol. The van der Waals surface area contributed by atoms with Gasteiger partial charge in [-0.2, -0.15) is 0 Å². The van der Waals surface area contributed by atoms with Crippen molar-refractivity contribution in [2.75, 3.05) is 24.8 Å². The molecule has 0 fully saturated rings. The number of rotatable bonds is 10. The second-order valence-electron chi connectivity index (χ2n) is 8.58. The van der Waals surface area contributed by atoms with E-state index in [2.05, 4.69) is 15.5 Å². The lowest BCUT2D eigenvalue weighted by molar-refractivity contribution is -0.113. The van der Waals surface area contributed by atoms with Crippen LogP contribution >= 0.6 is 46.3 Å². The predicted octanol–water partition coefficient (Wildman–Crippen LogP) is 5.98. The molecule has 2 aromatic heterocycles. The summed E-state index contributed by atoms with van der Waals surface area (Å²) in [7, 11) is 3.24. The molecule has 198 valence electrons. The minimum atomic E-state index is -0.400. The van der Waals surface area contributed by atoms with E-state index in [1.54, 1.807) is 18.2 Å². The summed E-state index contributed by atoms with van der Waals surface area (Å²) >= 11 is 14.8. The number of carbonyl (C=O) groups excluding carboxylic acids is 2. The molecule has 0 unspecified atom stereocenters.